The fraction of sp³-hybridized carbons (Fsp3) is 0.812. The monoisotopic (exact) mass is 292 g/mol. The van der Waals surface area contributed by atoms with Crippen LogP contribution in [-0.2, 0) is 14.4 Å². The molecule has 0 heterocycles. The van der Waals surface area contributed by atoms with Crippen LogP contribution in [0.2, 0.25) is 0 Å². The van der Waals surface area contributed by atoms with Crippen molar-refractivity contribution < 1.29 is 19.5 Å². The Morgan fingerprint density at radius 3 is 0.850 bits per heavy atom. The number of carbonyl (C=O) groups is 3. The molecule has 0 aromatic carbocycles. The largest absolute Gasteiger partial charge is 0.394 e. The SMILES string of the molecule is CC.CC(C)=O.CC(C)O.CCC(C)=O.CCC(C)=O. The molecule has 4 nitrogen and oxygen atoms in total. The Morgan fingerprint density at radius 2 is 0.850 bits per heavy atom. The van der Waals surface area contributed by atoms with Crippen LogP contribution in [0.25, 0.3) is 0 Å². The van der Waals surface area contributed by atoms with Crippen LogP contribution in [0.4, 0.5) is 0 Å². The van der Waals surface area contributed by atoms with Crippen molar-refractivity contribution in [3.8, 4) is 0 Å². The summed E-state index contributed by atoms with van der Waals surface area (Å²) < 4.78 is 0. The molecule has 1 N–H and O–H groups in total. The van der Waals surface area contributed by atoms with E-state index in [9.17, 15) is 14.4 Å². The predicted molar refractivity (Wildman–Crippen MR) is 87.0 cm³/mol. The van der Waals surface area contributed by atoms with Crippen molar-refractivity contribution in [2.45, 2.75) is 88.2 Å². The molecule has 0 aromatic rings. The van der Waals surface area contributed by atoms with Crippen LogP contribution in [0.3, 0.4) is 0 Å². The van der Waals surface area contributed by atoms with Gasteiger partial charge in [-0.05, 0) is 41.5 Å². The molecule has 20 heavy (non-hydrogen) atoms. The summed E-state index contributed by atoms with van der Waals surface area (Å²) >= 11 is 0. The van der Waals surface area contributed by atoms with Crippen molar-refractivity contribution in [3.63, 3.8) is 0 Å². The zero-order chi connectivity index (χ0) is 17.7. The van der Waals surface area contributed by atoms with E-state index in [4.69, 9.17) is 5.11 Å². The number of hydrogen-bond donors (Lipinski definition) is 1. The molecule has 0 aliphatic heterocycles. The van der Waals surface area contributed by atoms with E-state index in [1.807, 2.05) is 27.7 Å². The molecule has 0 aliphatic carbocycles. The lowest BCUT2D eigenvalue weighted by Crippen LogP contribution is -1.85. The summed E-state index contributed by atoms with van der Waals surface area (Å²) in [6.45, 7) is 17.4. The zero-order valence-corrected chi connectivity index (χ0v) is 15.2. The van der Waals surface area contributed by atoms with Gasteiger partial charge in [-0.3, -0.25) is 0 Å². The molecule has 124 valence electrons. The third kappa shape index (κ3) is 491. The van der Waals surface area contributed by atoms with Gasteiger partial charge in [-0.25, -0.2) is 0 Å². The van der Waals surface area contributed by atoms with E-state index in [1.165, 1.54) is 13.8 Å². The Kier molecular flexibility index (Phi) is 48.3. The van der Waals surface area contributed by atoms with Crippen LogP contribution in [-0.4, -0.2) is 28.6 Å². The zero-order valence-electron chi connectivity index (χ0n) is 15.2. The van der Waals surface area contributed by atoms with Gasteiger partial charge in [0, 0.05) is 18.9 Å². The second-order valence-electron chi connectivity index (χ2n) is 4.11. The Balaban J connectivity index is -0.0000000482. The van der Waals surface area contributed by atoms with Crippen LogP contribution in [0.15, 0.2) is 0 Å². The Labute approximate surface area is 126 Å². The highest BCUT2D eigenvalue weighted by Crippen LogP contribution is 1.72. The van der Waals surface area contributed by atoms with Crippen molar-refractivity contribution in [3.05, 3.63) is 0 Å². The lowest BCUT2D eigenvalue weighted by atomic mass is 10.4. The first-order valence-corrected chi connectivity index (χ1v) is 7.15. The number of aliphatic hydroxyl groups is 1. The maximum Gasteiger partial charge on any atom is 0.129 e. The second kappa shape index (κ2) is 30.8. The van der Waals surface area contributed by atoms with Crippen molar-refractivity contribution in [2.24, 2.45) is 0 Å². The van der Waals surface area contributed by atoms with Gasteiger partial charge >= 0.3 is 0 Å². The lowest BCUT2D eigenvalue weighted by molar-refractivity contribution is -0.117. The highest BCUT2D eigenvalue weighted by molar-refractivity contribution is 5.75. The topological polar surface area (TPSA) is 71.4 Å². The van der Waals surface area contributed by atoms with Gasteiger partial charge in [0.15, 0.2) is 0 Å². The van der Waals surface area contributed by atoms with Crippen LogP contribution >= 0.6 is 0 Å². The molecule has 0 fully saturated rings. The fourth-order valence-electron chi connectivity index (χ4n) is 0. The number of aliphatic hydroxyl groups excluding tert-OH is 1. The maximum atomic E-state index is 9.81. The first-order chi connectivity index (χ1) is 9.00. The van der Waals surface area contributed by atoms with E-state index in [-0.39, 0.29) is 23.5 Å². The molecular weight excluding hydrogens is 256 g/mol. The van der Waals surface area contributed by atoms with Crippen molar-refractivity contribution in [2.75, 3.05) is 0 Å². The molecule has 0 aliphatic rings. The number of carbonyl (C=O) groups excluding carboxylic acids is 3. The molecule has 0 amide bonds. The standard InChI is InChI=1S/2C4H8O.C3H8O.C3H6O.C2H6/c2*1-3-4(2)5;2*1-3(2)4;1-2/h2*3H2,1-2H3;3-4H,1-2H3;1-2H3;1-2H3. The first-order valence-electron chi connectivity index (χ1n) is 7.15. The summed E-state index contributed by atoms with van der Waals surface area (Å²) in [6.07, 6.45) is 1.17. The predicted octanol–water partition coefficient (Wildman–Crippen LogP) is 3.98. The first kappa shape index (κ1) is 31.4. The van der Waals surface area contributed by atoms with Gasteiger partial charge in [-0.2, -0.15) is 0 Å². The average Bonchev–Trinajstić information content (AvgIpc) is 2.30. The Hall–Kier alpha value is -1.03. The molecule has 0 atom stereocenters. The molecule has 4 heteroatoms. The minimum atomic E-state index is -0.167. The van der Waals surface area contributed by atoms with Crippen LogP contribution < -0.4 is 0 Å². The highest BCUT2D eigenvalue weighted by Gasteiger charge is 1.77. The summed E-state index contributed by atoms with van der Waals surface area (Å²) in [6, 6.07) is 0. The van der Waals surface area contributed by atoms with E-state index in [2.05, 4.69) is 0 Å². The van der Waals surface area contributed by atoms with Crippen molar-refractivity contribution >= 4 is 17.3 Å². The molecule has 0 spiro atoms. The Bertz CT molecular complexity index is 188. The molecule has 0 rings (SSSR count). The number of rotatable bonds is 2. The highest BCUT2D eigenvalue weighted by atomic mass is 16.3. The number of ketones is 3. The average molecular weight is 292 g/mol. The normalized spacial score (nSPS) is 7.20. The van der Waals surface area contributed by atoms with E-state index in [0.717, 1.165) is 0 Å². The molecule has 0 saturated carbocycles. The summed E-state index contributed by atoms with van der Waals surface area (Å²) in [5.74, 6) is 0.676. The summed E-state index contributed by atoms with van der Waals surface area (Å²) in [5, 5.41) is 8.06. The molecule has 0 aromatic heterocycles. The lowest BCUT2D eigenvalue weighted by Gasteiger charge is -1.80. The van der Waals surface area contributed by atoms with E-state index in [0.29, 0.717) is 12.8 Å². The van der Waals surface area contributed by atoms with Crippen LogP contribution in [0.1, 0.15) is 82.1 Å². The van der Waals surface area contributed by atoms with Crippen molar-refractivity contribution in [1.82, 2.24) is 0 Å². The molecular formula is C16H36O4. The molecule has 0 radical (unpaired) electrons. The minimum Gasteiger partial charge on any atom is -0.394 e. The third-order valence-electron chi connectivity index (χ3n) is 0.996. The third-order valence-corrected chi connectivity index (χ3v) is 0.996. The van der Waals surface area contributed by atoms with Gasteiger partial charge in [-0.1, -0.05) is 27.7 Å². The van der Waals surface area contributed by atoms with Gasteiger partial charge in [0.1, 0.15) is 17.3 Å². The summed E-state index contributed by atoms with van der Waals surface area (Å²) in [5.41, 5.74) is 0. The van der Waals surface area contributed by atoms with Crippen LogP contribution in [0, 0.1) is 0 Å². The number of hydrogen-bond acceptors (Lipinski definition) is 4. The van der Waals surface area contributed by atoms with Gasteiger partial charge in [0.05, 0.1) is 0 Å². The molecule has 0 bridgehead atoms. The van der Waals surface area contributed by atoms with Gasteiger partial charge in [0.2, 0.25) is 0 Å². The maximum absolute atomic E-state index is 9.81. The molecule has 0 unspecified atom stereocenters. The summed E-state index contributed by atoms with van der Waals surface area (Å²) in [4.78, 5) is 29.1. The van der Waals surface area contributed by atoms with Crippen molar-refractivity contribution in [1.29, 1.82) is 0 Å². The van der Waals surface area contributed by atoms with Crippen LogP contribution in [0.5, 0.6) is 0 Å². The summed E-state index contributed by atoms with van der Waals surface area (Å²) in [7, 11) is 0. The fourth-order valence-corrected chi connectivity index (χ4v) is 0. The minimum absolute atomic E-state index is 0.167. The van der Waals surface area contributed by atoms with Gasteiger partial charge in [-0.15, -0.1) is 0 Å². The van der Waals surface area contributed by atoms with E-state index < -0.39 is 0 Å². The smallest absolute Gasteiger partial charge is 0.129 e. The van der Waals surface area contributed by atoms with Gasteiger partial charge in [0.25, 0.3) is 0 Å². The quantitative estimate of drug-likeness (QED) is 0.835. The van der Waals surface area contributed by atoms with E-state index in [1.54, 1.807) is 27.7 Å². The van der Waals surface area contributed by atoms with E-state index >= 15 is 0 Å². The molecule has 0 saturated heterocycles. The number of Topliss-reactive ketones (excluding diaryl/α,β-unsaturated/α-hetero) is 3. The van der Waals surface area contributed by atoms with Gasteiger partial charge < -0.3 is 19.5 Å². The Morgan fingerprint density at radius 1 is 0.800 bits per heavy atom. The second-order valence-corrected chi connectivity index (χ2v) is 4.11.